The average Bonchev–Trinajstić information content (AvgIpc) is 3.55. The number of aryl methyl sites for hydroxylation is 1. The number of rotatable bonds is 8. The van der Waals surface area contributed by atoms with Gasteiger partial charge in [-0.15, -0.1) is 10.2 Å². The maximum atomic E-state index is 13.0. The van der Waals surface area contributed by atoms with E-state index >= 15 is 0 Å². The van der Waals surface area contributed by atoms with E-state index in [0.29, 0.717) is 17.4 Å². The second-order valence-electron chi connectivity index (χ2n) is 8.83. The molecule has 34 heavy (non-hydrogen) atoms. The van der Waals surface area contributed by atoms with Gasteiger partial charge in [-0.05, 0) is 49.1 Å². The van der Waals surface area contributed by atoms with E-state index in [1.54, 1.807) is 0 Å². The third kappa shape index (κ3) is 4.48. The fraction of sp³-hybridized carbons (Fsp3) is 0.346. The molecule has 1 aliphatic heterocycles. The van der Waals surface area contributed by atoms with Gasteiger partial charge in [-0.3, -0.25) is 4.79 Å². The van der Waals surface area contributed by atoms with Gasteiger partial charge in [-0.2, -0.15) is 0 Å². The SMILES string of the molecule is Cc1cc(C(=O)CSc2nnc(Cc3cccc4ccccc34)n2N)c(C)n1C[C@H]1CCCO1. The van der Waals surface area contributed by atoms with Gasteiger partial charge in [0.15, 0.2) is 11.6 Å². The summed E-state index contributed by atoms with van der Waals surface area (Å²) in [4.78, 5) is 13.0. The minimum absolute atomic E-state index is 0.0651. The summed E-state index contributed by atoms with van der Waals surface area (Å²) in [6.45, 7) is 5.68. The molecule has 4 aromatic rings. The fourth-order valence-electron chi connectivity index (χ4n) is 4.71. The Bertz CT molecular complexity index is 1330. The lowest BCUT2D eigenvalue weighted by Crippen LogP contribution is -2.17. The molecule has 7 nitrogen and oxygen atoms in total. The van der Waals surface area contributed by atoms with Crippen LogP contribution in [0.2, 0.25) is 0 Å². The Morgan fingerprint density at radius 2 is 2.00 bits per heavy atom. The number of carbonyl (C=O) groups is 1. The van der Waals surface area contributed by atoms with Crippen molar-refractivity contribution in [1.82, 2.24) is 19.4 Å². The van der Waals surface area contributed by atoms with Crippen LogP contribution in [-0.4, -0.2) is 43.7 Å². The number of fused-ring (bicyclic) bond motifs is 1. The quantitative estimate of drug-likeness (QED) is 0.232. The number of thioether (sulfide) groups is 1. The lowest BCUT2D eigenvalue weighted by Gasteiger charge is -2.14. The van der Waals surface area contributed by atoms with Crippen LogP contribution < -0.4 is 5.84 Å². The first-order valence-corrected chi connectivity index (χ1v) is 12.6. The maximum absolute atomic E-state index is 13.0. The van der Waals surface area contributed by atoms with Crippen LogP contribution in [-0.2, 0) is 17.7 Å². The summed E-state index contributed by atoms with van der Waals surface area (Å²) in [5.74, 6) is 7.30. The van der Waals surface area contributed by atoms with Crippen LogP contribution >= 0.6 is 11.8 Å². The highest BCUT2D eigenvalue weighted by Gasteiger charge is 2.22. The van der Waals surface area contributed by atoms with Crippen molar-refractivity contribution in [3.05, 3.63) is 76.9 Å². The van der Waals surface area contributed by atoms with Gasteiger partial charge >= 0.3 is 0 Å². The van der Waals surface area contributed by atoms with E-state index < -0.39 is 0 Å². The van der Waals surface area contributed by atoms with Crippen LogP contribution in [0.1, 0.15) is 46.0 Å². The summed E-state index contributed by atoms with van der Waals surface area (Å²) in [6.07, 6.45) is 2.99. The molecular weight excluding hydrogens is 446 g/mol. The zero-order valence-electron chi connectivity index (χ0n) is 19.5. The number of carbonyl (C=O) groups excluding carboxylic acids is 1. The summed E-state index contributed by atoms with van der Waals surface area (Å²) >= 11 is 1.32. The second-order valence-corrected chi connectivity index (χ2v) is 9.77. The monoisotopic (exact) mass is 475 g/mol. The lowest BCUT2D eigenvalue weighted by atomic mass is 10.0. The molecule has 2 N–H and O–H groups in total. The van der Waals surface area contributed by atoms with Gasteiger partial charge in [-0.25, -0.2) is 4.68 Å². The van der Waals surface area contributed by atoms with Gasteiger partial charge in [0.05, 0.1) is 11.9 Å². The van der Waals surface area contributed by atoms with Crippen LogP contribution in [0.3, 0.4) is 0 Å². The normalized spacial score (nSPS) is 15.9. The molecule has 0 aliphatic carbocycles. The van der Waals surface area contributed by atoms with Crippen molar-refractivity contribution in [2.75, 3.05) is 18.2 Å². The Labute approximate surface area is 203 Å². The zero-order valence-corrected chi connectivity index (χ0v) is 20.3. The predicted octanol–water partition coefficient (Wildman–Crippen LogP) is 4.31. The molecule has 0 spiro atoms. The highest BCUT2D eigenvalue weighted by atomic mass is 32.2. The third-order valence-electron chi connectivity index (χ3n) is 6.58. The number of hydrogen-bond acceptors (Lipinski definition) is 6. The molecule has 0 saturated carbocycles. The molecule has 5 rings (SSSR count). The average molecular weight is 476 g/mol. The standard InChI is InChI=1S/C26H29N5O2S/c1-17-13-23(18(2)30(17)15-21-10-6-12-33-21)24(32)16-34-26-29-28-25(31(26)27)14-20-9-5-8-19-7-3-4-11-22(19)20/h3-5,7-9,11,13,21H,6,10,12,14-16,27H2,1-2H3/t21-/m1/s1. The zero-order chi connectivity index (χ0) is 23.7. The lowest BCUT2D eigenvalue weighted by molar-refractivity contribution is 0.0957. The molecule has 176 valence electrons. The molecule has 1 saturated heterocycles. The number of nitrogen functional groups attached to an aromatic ring is 1. The van der Waals surface area contributed by atoms with Crippen molar-refractivity contribution in [2.24, 2.45) is 0 Å². The Hall–Kier alpha value is -3.10. The van der Waals surface area contributed by atoms with Crippen LogP contribution in [0.4, 0.5) is 0 Å². The van der Waals surface area contributed by atoms with E-state index in [-0.39, 0.29) is 17.6 Å². The van der Waals surface area contributed by atoms with Crippen molar-refractivity contribution in [3.8, 4) is 0 Å². The summed E-state index contributed by atoms with van der Waals surface area (Å²) in [5, 5.41) is 11.4. The maximum Gasteiger partial charge on any atom is 0.210 e. The smallest absolute Gasteiger partial charge is 0.210 e. The number of aromatic nitrogens is 4. The molecule has 2 aromatic carbocycles. The highest BCUT2D eigenvalue weighted by molar-refractivity contribution is 7.99. The molecule has 0 bridgehead atoms. The van der Waals surface area contributed by atoms with Gasteiger partial charge in [0, 0.05) is 36.5 Å². The van der Waals surface area contributed by atoms with Gasteiger partial charge < -0.3 is 15.1 Å². The molecule has 0 radical (unpaired) electrons. The molecular formula is C26H29N5O2S. The molecule has 8 heteroatoms. The number of benzene rings is 2. The van der Waals surface area contributed by atoms with Crippen molar-refractivity contribution < 1.29 is 9.53 Å². The first kappa shape index (κ1) is 22.7. The molecule has 1 fully saturated rings. The van der Waals surface area contributed by atoms with Crippen molar-refractivity contribution in [1.29, 1.82) is 0 Å². The van der Waals surface area contributed by atoms with Gasteiger partial charge in [0.1, 0.15) is 0 Å². The minimum Gasteiger partial charge on any atom is -0.376 e. The van der Waals surface area contributed by atoms with E-state index in [1.165, 1.54) is 27.2 Å². The number of ketones is 1. The van der Waals surface area contributed by atoms with Gasteiger partial charge in [0.25, 0.3) is 0 Å². The van der Waals surface area contributed by atoms with Crippen LogP contribution in [0.25, 0.3) is 10.8 Å². The van der Waals surface area contributed by atoms with E-state index in [9.17, 15) is 4.79 Å². The molecule has 0 amide bonds. The number of hydrogen-bond donors (Lipinski definition) is 1. The van der Waals surface area contributed by atoms with Crippen molar-refractivity contribution in [2.45, 2.75) is 50.9 Å². The van der Waals surface area contributed by atoms with E-state index in [1.807, 2.05) is 38.1 Å². The number of nitrogens with zero attached hydrogens (tertiary/aromatic N) is 4. The summed E-state index contributed by atoms with van der Waals surface area (Å²) in [7, 11) is 0. The number of ether oxygens (including phenoxy) is 1. The molecule has 1 atom stereocenters. The Morgan fingerprint density at radius 1 is 1.18 bits per heavy atom. The first-order chi connectivity index (χ1) is 16.5. The second kappa shape index (κ2) is 9.64. The summed E-state index contributed by atoms with van der Waals surface area (Å²) in [5.41, 5.74) is 3.97. The first-order valence-electron chi connectivity index (χ1n) is 11.6. The molecule has 2 aromatic heterocycles. The van der Waals surface area contributed by atoms with Crippen LogP contribution in [0, 0.1) is 13.8 Å². The van der Waals surface area contributed by atoms with E-state index in [0.717, 1.165) is 48.5 Å². The Morgan fingerprint density at radius 3 is 2.82 bits per heavy atom. The van der Waals surface area contributed by atoms with Gasteiger partial charge in [0.2, 0.25) is 5.16 Å². The molecule has 1 aliphatic rings. The van der Waals surface area contributed by atoms with Crippen molar-refractivity contribution in [3.63, 3.8) is 0 Å². The summed E-state index contributed by atoms with van der Waals surface area (Å²) < 4.78 is 9.48. The topological polar surface area (TPSA) is 88.0 Å². The molecule has 3 heterocycles. The van der Waals surface area contributed by atoms with Gasteiger partial charge in [-0.1, -0.05) is 54.2 Å². The van der Waals surface area contributed by atoms with E-state index in [2.05, 4.69) is 39.0 Å². The number of Topliss-reactive ketones (excluding diaryl/α,β-unsaturated/α-hetero) is 1. The van der Waals surface area contributed by atoms with Crippen molar-refractivity contribution >= 4 is 28.3 Å². The Balaban J connectivity index is 1.27. The fourth-order valence-corrected chi connectivity index (χ4v) is 5.47. The minimum atomic E-state index is 0.0651. The Kier molecular flexibility index (Phi) is 6.43. The predicted molar refractivity (Wildman–Crippen MR) is 135 cm³/mol. The van der Waals surface area contributed by atoms with Crippen LogP contribution in [0.5, 0.6) is 0 Å². The summed E-state index contributed by atoms with van der Waals surface area (Å²) in [6, 6.07) is 16.5. The largest absolute Gasteiger partial charge is 0.376 e. The van der Waals surface area contributed by atoms with Crippen LogP contribution in [0.15, 0.2) is 53.7 Å². The molecule has 0 unspecified atom stereocenters. The highest BCUT2D eigenvalue weighted by Crippen LogP contribution is 2.25. The number of nitrogens with two attached hydrogens (primary N) is 1. The third-order valence-corrected chi connectivity index (χ3v) is 7.52. The van der Waals surface area contributed by atoms with E-state index in [4.69, 9.17) is 10.6 Å².